The molecule has 1 aromatic carbocycles. The molecule has 148 valence electrons. The third-order valence-corrected chi connectivity index (χ3v) is 4.37. The highest BCUT2D eigenvalue weighted by atomic mass is 19.1. The molecule has 2 aromatic rings. The number of aromatic nitrogens is 1. The van der Waals surface area contributed by atoms with Crippen molar-refractivity contribution >= 4 is 17.8 Å². The number of benzene rings is 1. The molecule has 0 unspecified atom stereocenters. The first-order chi connectivity index (χ1) is 13.3. The van der Waals surface area contributed by atoms with E-state index in [1.165, 1.54) is 17.0 Å². The second kappa shape index (κ2) is 8.20. The zero-order valence-electron chi connectivity index (χ0n) is 15.6. The lowest BCUT2D eigenvalue weighted by atomic mass is 10.2. The average Bonchev–Trinajstić information content (AvgIpc) is 2.96. The Hall–Kier alpha value is -3.23. The summed E-state index contributed by atoms with van der Waals surface area (Å²) >= 11 is 0. The monoisotopic (exact) mass is 389 g/mol. The largest absolute Gasteiger partial charge is 0.366 e. The second-order valence-corrected chi connectivity index (χ2v) is 6.63. The molecule has 0 fully saturated rings. The van der Waals surface area contributed by atoms with Gasteiger partial charge in [0, 0.05) is 45.4 Å². The molecule has 0 saturated heterocycles. The van der Waals surface area contributed by atoms with E-state index in [2.05, 4.69) is 15.6 Å². The number of nitrogens with one attached hydrogen (secondary N) is 2. The summed E-state index contributed by atoms with van der Waals surface area (Å²) in [5.74, 6) is -0.900. The Morgan fingerprint density at radius 1 is 1.25 bits per heavy atom. The van der Waals surface area contributed by atoms with Crippen molar-refractivity contribution in [2.75, 3.05) is 32.5 Å². The molecule has 0 spiro atoms. The Kier molecular flexibility index (Phi) is 5.72. The smallest absolute Gasteiger partial charge is 0.316 e. The predicted molar refractivity (Wildman–Crippen MR) is 99.7 cm³/mol. The minimum atomic E-state index is -0.630. The van der Waals surface area contributed by atoms with Crippen LogP contribution in [-0.4, -0.2) is 53.9 Å². The van der Waals surface area contributed by atoms with Crippen LogP contribution in [0, 0.1) is 11.6 Å². The fourth-order valence-corrected chi connectivity index (χ4v) is 2.83. The van der Waals surface area contributed by atoms with E-state index >= 15 is 0 Å². The highest BCUT2D eigenvalue weighted by Gasteiger charge is 2.28. The van der Waals surface area contributed by atoms with Gasteiger partial charge in [-0.2, -0.15) is 0 Å². The first-order valence-electron chi connectivity index (χ1n) is 8.77. The number of anilines is 1. The lowest BCUT2D eigenvalue weighted by molar-refractivity contribution is 0.0779. The summed E-state index contributed by atoms with van der Waals surface area (Å²) < 4.78 is 26.7. The van der Waals surface area contributed by atoms with E-state index in [0.29, 0.717) is 42.3 Å². The summed E-state index contributed by atoms with van der Waals surface area (Å²) in [5.41, 5.74) is 1.45. The van der Waals surface area contributed by atoms with Gasteiger partial charge in [0.1, 0.15) is 17.5 Å². The number of nitrogens with zero attached hydrogens (tertiary/aromatic N) is 3. The van der Waals surface area contributed by atoms with Gasteiger partial charge in [0.15, 0.2) is 0 Å². The number of urea groups is 1. The van der Waals surface area contributed by atoms with E-state index in [1.54, 1.807) is 31.1 Å². The number of carbonyl (C=O) groups excluding carboxylic acids is 2. The third-order valence-electron chi connectivity index (χ3n) is 4.37. The van der Waals surface area contributed by atoms with Gasteiger partial charge in [-0.25, -0.2) is 18.6 Å². The summed E-state index contributed by atoms with van der Waals surface area (Å²) in [5, 5.41) is 5.70. The fourth-order valence-electron chi connectivity index (χ4n) is 2.83. The Balaban J connectivity index is 1.59. The first kappa shape index (κ1) is 19.5. The van der Waals surface area contributed by atoms with E-state index in [4.69, 9.17) is 0 Å². The van der Waals surface area contributed by atoms with Gasteiger partial charge in [-0.05, 0) is 18.2 Å². The van der Waals surface area contributed by atoms with Crippen molar-refractivity contribution in [2.24, 2.45) is 0 Å². The van der Waals surface area contributed by atoms with Gasteiger partial charge in [-0.3, -0.25) is 4.79 Å². The van der Waals surface area contributed by atoms with Crippen LogP contribution in [0.2, 0.25) is 0 Å². The number of fused-ring (bicyclic) bond motifs is 1. The molecule has 0 radical (unpaired) electrons. The van der Waals surface area contributed by atoms with Crippen LogP contribution in [0.25, 0.3) is 0 Å². The van der Waals surface area contributed by atoms with Crippen molar-refractivity contribution in [3.05, 3.63) is 58.8 Å². The van der Waals surface area contributed by atoms with Crippen molar-refractivity contribution in [2.45, 2.75) is 13.1 Å². The van der Waals surface area contributed by atoms with E-state index < -0.39 is 11.6 Å². The molecule has 1 aliphatic heterocycles. The normalized spacial score (nSPS) is 12.7. The minimum absolute atomic E-state index is 0.141. The maximum atomic E-state index is 13.7. The number of rotatable bonds is 6. The maximum absolute atomic E-state index is 13.7. The van der Waals surface area contributed by atoms with E-state index in [-0.39, 0.29) is 18.5 Å². The van der Waals surface area contributed by atoms with Crippen LogP contribution in [0.4, 0.5) is 19.4 Å². The highest BCUT2D eigenvalue weighted by Crippen LogP contribution is 2.23. The number of hydrogen-bond acceptors (Lipinski definition) is 4. The molecule has 9 heteroatoms. The van der Waals surface area contributed by atoms with Crippen LogP contribution in [0.1, 0.15) is 21.6 Å². The van der Waals surface area contributed by atoms with Gasteiger partial charge in [0.25, 0.3) is 5.91 Å². The van der Waals surface area contributed by atoms with Gasteiger partial charge in [-0.1, -0.05) is 6.07 Å². The molecule has 1 aromatic heterocycles. The van der Waals surface area contributed by atoms with Crippen molar-refractivity contribution < 1.29 is 18.4 Å². The predicted octanol–water partition coefficient (Wildman–Crippen LogP) is 2.20. The van der Waals surface area contributed by atoms with Crippen molar-refractivity contribution in [3.8, 4) is 0 Å². The number of halogens is 2. The first-order valence-corrected chi connectivity index (χ1v) is 8.77. The molecule has 7 nitrogen and oxygen atoms in total. The van der Waals surface area contributed by atoms with Crippen LogP contribution < -0.4 is 10.6 Å². The summed E-state index contributed by atoms with van der Waals surface area (Å²) in [6.07, 6.45) is 0. The third kappa shape index (κ3) is 4.36. The van der Waals surface area contributed by atoms with Gasteiger partial charge >= 0.3 is 6.03 Å². The number of carbonyl (C=O) groups is 2. The molecule has 3 rings (SSSR count). The Morgan fingerprint density at radius 3 is 2.75 bits per heavy atom. The van der Waals surface area contributed by atoms with Crippen LogP contribution >= 0.6 is 0 Å². The minimum Gasteiger partial charge on any atom is -0.366 e. The van der Waals surface area contributed by atoms with Gasteiger partial charge in [0.05, 0.1) is 17.8 Å². The Labute approximate surface area is 161 Å². The summed E-state index contributed by atoms with van der Waals surface area (Å²) in [4.78, 5) is 31.4. The molecule has 1 aliphatic rings. The van der Waals surface area contributed by atoms with Crippen LogP contribution in [0.15, 0.2) is 30.3 Å². The van der Waals surface area contributed by atoms with Gasteiger partial charge in [0.2, 0.25) is 0 Å². The molecular formula is C19H21F2N5O2. The van der Waals surface area contributed by atoms with E-state index in [9.17, 15) is 18.4 Å². The molecule has 0 saturated carbocycles. The summed E-state index contributed by atoms with van der Waals surface area (Å²) in [7, 11) is 3.28. The Morgan fingerprint density at radius 2 is 2.04 bits per heavy atom. The van der Waals surface area contributed by atoms with Crippen molar-refractivity contribution in [3.63, 3.8) is 0 Å². The molecule has 0 atom stereocenters. The quantitative estimate of drug-likeness (QED) is 0.794. The molecule has 2 N–H and O–H groups in total. The molecule has 0 aliphatic carbocycles. The average molecular weight is 389 g/mol. The fraction of sp³-hybridized carbons (Fsp3) is 0.316. The van der Waals surface area contributed by atoms with Crippen molar-refractivity contribution in [1.29, 1.82) is 0 Å². The highest BCUT2D eigenvalue weighted by molar-refractivity contribution is 5.98. The lowest BCUT2D eigenvalue weighted by Crippen LogP contribution is -2.39. The van der Waals surface area contributed by atoms with Crippen molar-refractivity contribution in [1.82, 2.24) is 20.1 Å². The number of hydrogen-bond donors (Lipinski definition) is 2. The second-order valence-electron chi connectivity index (χ2n) is 6.63. The number of amides is 3. The van der Waals surface area contributed by atoms with Gasteiger partial charge < -0.3 is 20.4 Å². The topological polar surface area (TPSA) is 77.6 Å². The summed E-state index contributed by atoms with van der Waals surface area (Å²) in [6, 6.07) is 6.50. The van der Waals surface area contributed by atoms with E-state index in [0.717, 1.165) is 6.07 Å². The molecule has 0 bridgehead atoms. The SMILES string of the molecule is CN(C)C(=O)NCCN1Cc2nc(NCc3ccc(F)cc3F)ccc2C1=O. The lowest BCUT2D eigenvalue weighted by Gasteiger charge is -2.17. The maximum Gasteiger partial charge on any atom is 0.316 e. The zero-order valence-corrected chi connectivity index (χ0v) is 15.6. The zero-order chi connectivity index (χ0) is 20.3. The standard InChI is InChI=1S/C19H21F2N5O2/c1-25(2)19(28)22-7-8-26-11-16-14(18(26)27)5-6-17(24-16)23-10-12-3-4-13(20)9-15(12)21/h3-6,9H,7-8,10-11H2,1-2H3,(H,22,28)(H,23,24). The Bertz CT molecular complexity index is 904. The van der Waals surface area contributed by atoms with Crippen LogP contribution in [-0.2, 0) is 13.1 Å². The van der Waals surface area contributed by atoms with E-state index in [1.807, 2.05) is 0 Å². The van der Waals surface area contributed by atoms with Crippen LogP contribution in [0.3, 0.4) is 0 Å². The molecular weight excluding hydrogens is 368 g/mol. The summed E-state index contributed by atoms with van der Waals surface area (Å²) in [6.45, 7) is 1.20. The molecule has 3 amide bonds. The number of pyridine rings is 1. The molecule has 28 heavy (non-hydrogen) atoms. The van der Waals surface area contributed by atoms with Gasteiger partial charge in [-0.15, -0.1) is 0 Å². The van der Waals surface area contributed by atoms with Crippen LogP contribution in [0.5, 0.6) is 0 Å². The molecule has 2 heterocycles.